The van der Waals surface area contributed by atoms with E-state index in [9.17, 15) is 13.2 Å². The van der Waals surface area contributed by atoms with Crippen LogP contribution in [0.5, 0.6) is 5.75 Å². The summed E-state index contributed by atoms with van der Waals surface area (Å²) in [4.78, 5) is 12.7. The maximum absolute atomic E-state index is 13.1. The molecule has 30 heavy (non-hydrogen) atoms. The van der Waals surface area contributed by atoms with Crippen LogP contribution in [0, 0.1) is 0 Å². The Labute approximate surface area is 179 Å². The Morgan fingerprint density at radius 1 is 1.10 bits per heavy atom. The van der Waals surface area contributed by atoms with Crippen molar-refractivity contribution in [2.45, 2.75) is 49.5 Å². The third-order valence-electron chi connectivity index (χ3n) is 5.73. The summed E-state index contributed by atoms with van der Waals surface area (Å²) in [6, 6.07) is 14.0. The lowest BCUT2D eigenvalue weighted by Gasteiger charge is -2.30. The summed E-state index contributed by atoms with van der Waals surface area (Å²) in [5, 5.41) is 2.87. The maximum Gasteiger partial charge on any atom is 0.251 e. The third kappa shape index (κ3) is 5.21. The first-order chi connectivity index (χ1) is 14.4. The molecule has 0 aliphatic heterocycles. The number of sulfonamides is 1. The Kier molecular flexibility index (Phi) is 7.50. The summed E-state index contributed by atoms with van der Waals surface area (Å²) in [5.41, 5.74) is 1.35. The summed E-state index contributed by atoms with van der Waals surface area (Å²) < 4.78 is 32.9. The first-order valence-electron chi connectivity index (χ1n) is 10.4. The van der Waals surface area contributed by atoms with Gasteiger partial charge in [0.2, 0.25) is 10.0 Å². The second-order valence-electron chi connectivity index (χ2n) is 7.66. The number of hydrogen-bond donors (Lipinski definition) is 1. The highest BCUT2D eigenvalue weighted by Gasteiger charge is 2.29. The van der Waals surface area contributed by atoms with Crippen molar-refractivity contribution in [3.05, 3.63) is 59.7 Å². The van der Waals surface area contributed by atoms with Crippen LogP contribution in [-0.4, -0.2) is 45.4 Å². The monoisotopic (exact) mass is 430 g/mol. The summed E-state index contributed by atoms with van der Waals surface area (Å²) in [6.45, 7) is 0.429. The standard InChI is InChI=1S/C23H30N2O4S/c1-25(20-11-4-3-5-12-20)30(27,28)21-13-8-10-19(17-21)23(26)24-16-15-18-9-6-7-14-22(18)29-2/h6-10,13-14,17,20H,3-5,11-12,15-16H2,1-2H3,(H,24,26). The van der Waals surface area contributed by atoms with Crippen molar-refractivity contribution in [1.29, 1.82) is 0 Å². The number of rotatable bonds is 8. The van der Waals surface area contributed by atoms with Crippen molar-refractivity contribution >= 4 is 15.9 Å². The minimum Gasteiger partial charge on any atom is -0.496 e. The van der Waals surface area contributed by atoms with Gasteiger partial charge in [-0.15, -0.1) is 0 Å². The van der Waals surface area contributed by atoms with E-state index in [1.165, 1.54) is 10.4 Å². The largest absolute Gasteiger partial charge is 0.496 e. The normalized spacial score (nSPS) is 15.2. The molecule has 1 N–H and O–H groups in total. The average Bonchev–Trinajstić information content (AvgIpc) is 2.79. The molecule has 0 bridgehead atoms. The molecule has 162 valence electrons. The van der Waals surface area contributed by atoms with Gasteiger partial charge < -0.3 is 10.1 Å². The summed E-state index contributed by atoms with van der Waals surface area (Å²) in [5.74, 6) is 0.493. The number of nitrogens with zero attached hydrogens (tertiary/aromatic N) is 1. The highest BCUT2D eigenvalue weighted by atomic mass is 32.2. The Hall–Kier alpha value is -2.38. The van der Waals surface area contributed by atoms with Crippen molar-refractivity contribution in [2.24, 2.45) is 0 Å². The van der Waals surface area contributed by atoms with Gasteiger partial charge in [-0.3, -0.25) is 4.79 Å². The number of nitrogens with one attached hydrogen (secondary N) is 1. The van der Waals surface area contributed by atoms with Crippen LogP contribution in [0.2, 0.25) is 0 Å². The van der Waals surface area contributed by atoms with Gasteiger partial charge in [0.25, 0.3) is 5.91 Å². The van der Waals surface area contributed by atoms with Crippen molar-refractivity contribution < 1.29 is 17.9 Å². The molecule has 2 aromatic carbocycles. The lowest BCUT2D eigenvalue weighted by Crippen LogP contribution is -2.38. The van der Waals surface area contributed by atoms with E-state index in [4.69, 9.17) is 4.74 Å². The summed E-state index contributed by atoms with van der Waals surface area (Å²) in [7, 11) is -0.367. The van der Waals surface area contributed by atoms with Gasteiger partial charge in [-0.1, -0.05) is 43.5 Å². The van der Waals surface area contributed by atoms with E-state index in [0.29, 0.717) is 18.5 Å². The number of amides is 1. The molecule has 1 aliphatic rings. The zero-order valence-electron chi connectivity index (χ0n) is 17.6. The molecule has 6 nitrogen and oxygen atoms in total. The van der Waals surface area contributed by atoms with E-state index in [1.807, 2.05) is 24.3 Å². The lowest BCUT2D eigenvalue weighted by molar-refractivity contribution is 0.0954. The van der Waals surface area contributed by atoms with E-state index in [-0.39, 0.29) is 16.8 Å². The minimum atomic E-state index is -3.63. The van der Waals surface area contributed by atoms with Gasteiger partial charge in [0.05, 0.1) is 12.0 Å². The molecule has 7 heteroatoms. The predicted molar refractivity (Wildman–Crippen MR) is 117 cm³/mol. The molecule has 0 unspecified atom stereocenters. The van der Waals surface area contributed by atoms with Gasteiger partial charge >= 0.3 is 0 Å². The molecule has 1 amide bonds. The number of ether oxygens (including phenoxy) is 1. The first kappa shape index (κ1) is 22.3. The Balaban J connectivity index is 1.66. The van der Waals surface area contributed by atoms with Crippen LogP contribution in [-0.2, 0) is 16.4 Å². The zero-order valence-corrected chi connectivity index (χ0v) is 18.5. The number of carbonyl (C=O) groups is 1. The molecular weight excluding hydrogens is 400 g/mol. The molecule has 0 spiro atoms. The summed E-state index contributed by atoms with van der Waals surface area (Å²) >= 11 is 0. The number of methoxy groups -OCH3 is 1. The quantitative estimate of drug-likeness (QED) is 0.694. The van der Waals surface area contributed by atoms with Crippen LogP contribution in [0.25, 0.3) is 0 Å². The summed E-state index contributed by atoms with van der Waals surface area (Å²) in [6.07, 6.45) is 5.67. The molecule has 0 atom stereocenters. The lowest BCUT2D eigenvalue weighted by atomic mass is 9.96. The van der Waals surface area contributed by atoms with Crippen LogP contribution < -0.4 is 10.1 Å². The van der Waals surface area contributed by atoms with E-state index in [2.05, 4.69) is 5.32 Å². The molecule has 3 rings (SSSR count). The van der Waals surface area contributed by atoms with Crippen LogP contribution in [0.3, 0.4) is 0 Å². The Morgan fingerprint density at radius 2 is 1.83 bits per heavy atom. The van der Waals surface area contributed by atoms with Gasteiger partial charge in [0.15, 0.2) is 0 Å². The average molecular weight is 431 g/mol. The van der Waals surface area contributed by atoms with E-state index in [0.717, 1.165) is 43.4 Å². The Bertz CT molecular complexity index is 969. The maximum atomic E-state index is 13.1. The second-order valence-corrected chi connectivity index (χ2v) is 9.66. The molecule has 2 aromatic rings. The SMILES string of the molecule is COc1ccccc1CCNC(=O)c1cccc(S(=O)(=O)N(C)C2CCCCC2)c1. The molecule has 1 fully saturated rings. The van der Waals surface area contributed by atoms with E-state index >= 15 is 0 Å². The third-order valence-corrected chi connectivity index (χ3v) is 7.64. The molecule has 1 aliphatic carbocycles. The number of hydrogen-bond acceptors (Lipinski definition) is 4. The van der Waals surface area contributed by atoms with Gasteiger partial charge in [-0.25, -0.2) is 8.42 Å². The van der Waals surface area contributed by atoms with Crippen LogP contribution in [0.1, 0.15) is 48.0 Å². The zero-order chi connectivity index (χ0) is 21.6. The second kappa shape index (κ2) is 10.1. The van der Waals surface area contributed by atoms with Crippen LogP contribution in [0.4, 0.5) is 0 Å². The van der Waals surface area contributed by atoms with E-state index in [1.54, 1.807) is 32.4 Å². The molecule has 1 saturated carbocycles. The van der Waals surface area contributed by atoms with Gasteiger partial charge in [-0.05, 0) is 49.1 Å². The van der Waals surface area contributed by atoms with Crippen molar-refractivity contribution in [3.8, 4) is 5.75 Å². The number of benzene rings is 2. The Morgan fingerprint density at radius 3 is 2.57 bits per heavy atom. The fourth-order valence-corrected chi connectivity index (χ4v) is 5.39. The molecule has 0 radical (unpaired) electrons. The molecule has 0 aromatic heterocycles. The predicted octanol–water partition coefficient (Wildman–Crippen LogP) is 3.62. The number of carbonyl (C=O) groups excluding carboxylic acids is 1. The fraction of sp³-hybridized carbons (Fsp3) is 0.435. The smallest absolute Gasteiger partial charge is 0.251 e. The molecule has 0 heterocycles. The molecular formula is C23H30N2O4S. The van der Waals surface area contributed by atoms with Crippen molar-refractivity contribution in [3.63, 3.8) is 0 Å². The van der Waals surface area contributed by atoms with Crippen LogP contribution >= 0.6 is 0 Å². The fourth-order valence-electron chi connectivity index (χ4n) is 3.93. The van der Waals surface area contributed by atoms with Gasteiger partial charge in [-0.2, -0.15) is 4.31 Å². The van der Waals surface area contributed by atoms with E-state index < -0.39 is 10.0 Å². The van der Waals surface area contributed by atoms with Crippen LogP contribution in [0.15, 0.2) is 53.4 Å². The number of para-hydroxylation sites is 1. The van der Waals surface area contributed by atoms with Crippen molar-refractivity contribution in [2.75, 3.05) is 20.7 Å². The van der Waals surface area contributed by atoms with Crippen molar-refractivity contribution in [1.82, 2.24) is 9.62 Å². The highest BCUT2D eigenvalue weighted by Crippen LogP contribution is 2.26. The molecule has 0 saturated heterocycles. The highest BCUT2D eigenvalue weighted by molar-refractivity contribution is 7.89. The van der Waals surface area contributed by atoms with Gasteiger partial charge in [0.1, 0.15) is 5.75 Å². The minimum absolute atomic E-state index is 0.0297. The topological polar surface area (TPSA) is 75.7 Å². The first-order valence-corrected chi connectivity index (χ1v) is 11.9. The van der Waals surface area contributed by atoms with Gasteiger partial charge in [0, 0.05) is 25.2 Å².